The molecule has 1 saturated heterocycles. The van der Waals surface area contributed by atoms with Crippen molar-refractivity contribution in [2.24, 2.45) is 0 Å². The lowest BCUT2D eigenvalue weighted by Crippen LogP contribution is -2.45. The number of nitrogens with one attached hydrogen (secondary N) is 1. The van der Waals surface area contributed by atoms with E-state index in [-0.39, 0.29) is 11.8 Å². The molecule has 1 N–H and O–H groups in total. The molecule has 33 heavy (non-hydrogen) atoms. The van der Waals surface area contributed by atoms with Crippen molar-refractivity contribution in [3.05, 3.63) is 101 Å². The van der Waals surface area contributed by atoms with Crippen LogP contribution in [0.5, 0.6) is 0 Å². The molecule has 7 heteroatoms. The van der Waals surface area contributed by atoms with Crippen molar-refractivity contribution in [2.45, 2.75) is 31.1 Å². The van der Waals surface area contributed by atoms with E-state index in [1.807, 2.05) is 36.4 Å². The maximum Gasteiger partial charge on any atom is 0.254 e. The van der Waals surface area contributed by atoms with Gasteiger partial charge in [-0.05, 0) is 53.8 Å². The summed E-state index contributed by atoms with van der Waals surface area (Å²) in [7, 11) is 0. The first-order valence-corrected chi connectivity index (χ1v) is 11.0. The van der Waals surface area contributed by atoms with Crippen molar-refractivity contribution in [1.29, 1.82) is 0 Å². The van der Waals surface area contributed by atoms with Gasteiger partial charge < -0.3 is 15.0 Å². The molecule has 3 aromatic rings. The summed E-state index contributed by atoms with van der Waals surface area (Å²) in [4.78, 5) is 31.7. The Morgan fingerprint density at radius 1 is 1.09 bits per heavy atom. The molecule has 1 atom stereocenters. The van der Waals surface area contributed by atoms with Crippen LogP contribution in [0.25, 0.3) is 0 Å². The van der Waals surface area contributed by atoms with Gasteiger partial charge >= 0.3 is 0 Å². The fourth-order valence-corrected chi connectivity index (χ4v) is 4.73. The average molecular weight is 445 g/mol. The molecule has 168 valence electrons. The number of pyridine rings is 1. The molecule has 2 aliphatic rings. The number of carbonyl (C=O) groups excluding carboxylic acids is 2. The minimum absolute atomic E-state index is 0.193. The van der Waals surface area contributed by atoms with Gasteiger partial charge in [-0.2, -0.15) is 0 Å². The van der Waals surface area contributed by atoms with Crippen LogP contribution in [0.1, 0.15) is 46.0 Å². The highest BCUT2D eigenvalue weighted by Gasteiger charge is 2.49. The Kier molecular flexibility index (Phi) is 5.64. The van der Waals surface area contributed by atoms with Crippen LogP contribution in [0.3, 0.4) is 0 Å². The topological polar surface area (TPSA) is 71.5 Å². The van der Waals surface area contributed by atoms with Gasteiger partial charge in [-0.25, -0.2) is 4.39 Å². The van der Waals surface area contributed by atoms with Crippen LogP contribution < -0.4 is 5.32 Å². The van der Waals surface area contributed by atoms with Gasteiger partial charge in [-0.15, -0.1) is 0 Å². The third kappa shape index (κ3) is 4.12. The van der Waals surface area contributed by atoms with E-state index in [1.54, 1.807) is 29.4 Å². The molecule has 2 amide bonds. The zero-order chi connectivity index (χ0) is 22.8. The number of likely N-dealkylation sites (tertiary alicyclic amines) is 1. The molecule has 6 nitrogen and oxygen atoms in total. The predicted molar refractivity (Wildman–Crippen MR) is 120 cm³/mol. The van der Waals surface area contributed by atoms with E-state index in [4.69, 9.17) is 4.74 Å². The second kappa shape index (κ2) is 8.75. The van der Waals surface area contributed by atoms with Crippen LogP contribution in [0.2, 0.25) is 0 Å². The zero-order valence-corrected chi connectivity index (χ0v) is 18.0. The molecule has 2 aliphatic heterocycles. The molecule has 0 unspecified atom stereocenters. The minimum atomic E-state index is -0.705. The standard InChI is InChI=1S/C26H24FN3O3/c27-20-7-3-6-19(15-20)25(32)30-13-10-26(11-14-30)22-9-2-1-8-21(22)23(33-26)24(31)29-17-18-5-4-12-28-16-18/h1-9,12,15-16,23H,10-11,13-14,17H2,(H,29,31)/t23-/m1/s1. The summed E-state index contributed by atoms with van der Waals surface area (Å²) in [6, 6.07) is 17.3. The van der Waals surface area contributed by atoms with Gasteiger partial charge in [0, 0.05) is 37.6 Å². The summed E-state index contributed by atoms with van der Waals surface area (Å²) in [5.41, 5.74) is 2.50. The molecule has 3 heterocycles. The summed E-state index contributed by atoms with van der Waals surface area (Å²) in [6.07, 6.45) is 3.84. The number of amides is 2. The van der Waals surface area contributed by atoms with Gasteiger partial charge in [-0.3, -0.25) is 14.6 Å². The SMILES string of the molecule is O=C(NCc1cccnc1)[C@@H]1OC2(CCN(C(=O)c3cccc(F)c3)CC2)c2ccccc21. The lowest BCUT2D eigenvalue weighted by Gasteiger charge is -2.39. The highest BCUT2D eigenvalue weighted by molar-refractivity contribution is 5.94. The summed E-state index contributed by atoms with van der Waals surface area (Å²) >= 11 is 0. The van der Waals surface area contributed by atoms with Crippen molar-refractivity contribution in [3.8, 4) is 0 Å². The smallest absolute Gasteiger partial charge is 0.254 e. The average Bonchev–Trinajstić information content (AvgIpc) is 3.17. The van der Waals surface area contributed by atoms with Crippen molar-refractivity contribution >= 4 is 11.8 Å². The molecule has 0 aliphatic carbocycles. The summed E-state index contributed by atoms with van der Waals surface area (Å²) in [5.74, 6) is -0.814. The van der Waals surface area contributed by atoms with E-state index in [1.165, 1.54) is 12.1 Å². The number of halogens is 1. The number of piperidine rings is 1. The predicted octanol–water partition coefficient (Wildman–Crippen LogP) is 3.74. The maximum absolute atomic E-state index is 13.6. The second-order valence-corrected chi connectivity index (χ2v) is 8.46. The number of rotatable bonds is 4. The first-order valence-electron chi connectivity index (χ1n) is 11.0. The Balaban J connectivity index is 1.30. The summed E-state index contributed by atoms with van der Waals surface area (Å²) < 4.78 is 20.0. The van der Waals surface area contributed by atoms with E-state index >= 15 is 0 Å². The van der Waals surface area contributed by atoms with Crippen molar-refractivity contribution in [1.82, 2.24) is 15.2 Å². The second-order valence-electron chi connectivity index (χ2n) is 8.46. The number of fused-ring (bicyclic) bond motifs is 2. The van der Waals surface area contributed by atoms with Crippen LogP contribution in [-0.4, -0.2) is 34.8 Å². The Morgan fingerprint density at radius 3 is 2.67 bits per heavy atom. The molecule has 0 saturated carbocycles. The number of aromatic nitrogens is 1. The fourth-order valence-electron chi connectivity index (χ4n) is 4.73. The first-order chi connectivity index (χ1) is 16.1. The summed E-state index contributed by atoms with van der Waals surface area (Å²) in [6.45, 7) is 1.30. The number of nitrogens with zero attached hydrogens (tertiary/aromatic N) is 2. The highest BCUT2D eigenvalue weighted by Crippen LogP contribution is 2.49. The van der Waals surface area contributed by atoms with Gasteiger partial charge in [0.15, 0.2) is 6.10 Å². The fraction of sp³-hybridized carbons (Fsp3) is 0.269. The van der Waals surface area contributed by atoms with Crippen LogP contribution in [0.15, 0.2) is 73.1 Å². The maximum atomic E-state index is 13.6. The quantitative estimate of drug-likeness (QED) is 0.664. The number of carbonyl (C=O) groups is 2. The molecule has 0 radical (unpaired) electrons. The van der Waals surface area contributed by atoms with E-state index in [9.17, 15) is 14.0 Å². The van der Waals surface area contributed by atoms with Gasteiger partial charge in [0.1, 0.15) is 5.82 Å². The minimum Gasteiger partial charge on any atom is -0.352 e. The number of benzene rings is 2. The molecular formula is C26H24FN3O3. The number of ether oxygens (including phenoxy) is 1. The van der Waals surface area contributed by atoms with E-state index in [0.29, 0.717) is 38.0 Å². The Bertz CT molecular complexity index is 1180. The van der Waals surface area contributed by atoms with Crippen LogP contribution in [-0.2, 0) is 21.7 Å². The largest absolute Gasteiger partial charge is 0.352 e. The molecule has 1 fully saturated rings. The van der Waals surface area contributed by atoms with E-state index < -0.39 is 17.5 Å². The monoisotopic (exact) mass is 445 g/mol. The Hall–Kier alpha value is -3.58. The van der Waals surface area contributed by atoms with Gasteiger partial charge in [-0.1, -0.05) is 36.4 Å². The molecule has 2 aromatic carbocycles. The van der Waals surface area contributed by atoms with Crippen molar-refractivity contribution < 1.29 is 18.7 Å². The Labute approximate surface area is 191 Å². The van der Waals surface area contributed by atoms with Gasteiger partial charge in [0.2, 0.25) is 0 Å². The summed E-state index contributed by atoms with van der Waals surface area (Å²) in [5, 5.41) is 2.95. The van der Waals surface area contributed by atoms with Crippen LogP contribution in [0.4, 0.5) is 4.39 Å². The Morgan fingerprint density at radius 2 is 1.91 bits per heavy atom. The molecule has 1 spiro atoms. The van der Waals surface area contributed by atoms with E-state index in [2.05, 4.69) is 10.3 Å². The van der Waals surface area contributed by atoms with Gasteiger partial charge in [0.05, 0.1) is 5.60 Å². The molecular weight excluding hydrogens is 421 g/mol. The number of hydrogen-bond acceptors (Lipinski definition) is 4. The van der Waals surface area contributed by atoms with Crippen molar-refractivity contribution in [2.75, 3.05) is 13.1 Å². The zero-order valence-electron chi connectivity index (χ0n) is 18.0. The molecule has 1 aromatic heterocycles. The van der Waals surface area contributed by atoms with Crippen molar-refractivity contribution in [3.63, 3.8) is 0 Å². The van der Waals surface area contributed by atoms with Crippen LogP contribution >= 0.6 is 0 Å². The lowest BCUT2D eigenvalue weighted by molar-refractivity contribution is -0.150. The molecule has 5 rings (SSSR count). The molecule has 0 bridgehead atoms. The lowest BCUT2D eigenvalue weighted by atomic mass is 9.83. The normalized spacial score (nSPS) is 18.7. The third-order valence-corrected chi connectivity index (χ3v) is 6.44. The van der Waals surface area contributed by atoms with Crippen LogP contribution in [0, 0.1) is 5.82 Å². The third-order valence-electron chi connectivity index (χ3n) is 6.44. The van der Waals surface area contributed by atoms with Gasteiger partial charge in [0.25, 0.3) is 11.8 Å². The van der Waals surface area contributed by atoms with E-state index in [0.717, 1.165) is 16.7 Å². The highest BCUT2D eigenvalue weighted by atomic mass is 19.1. The number of hydrogen-bond donors (Lipinski definition) is 1. The first kappa shape index (κ1) is 21.3.